The van der Waals surface area contributed by atoms with Crippen LogP contribution < -0.4 is 20.1 Å². The van der Waals surface area contributed by atoms with Gasteiger partial charge in [0, 0.05) is 24.0 Å². The fourth-order valence-corrected chi connectivity index (χ4v) is 6.35. The highest BCUT2D eigenvalue weighted by atomic mass is 35.5. The van der Waals surface area contributed by atoms with Crippen molar-refractivity contribution in [2.45, 2.75) is 65.2 Å². The van der Waals surface area contributed by atoms with Gasteiger partial charge in [0.25, 0.3) is 5.91 Å². The Hall–Kier alpha value is -4.20. The molecule has 2 aromatic carbocycles. The second-order valence-corrected chi connectivity index (χ2v) is 12.8. The molecule has 1 fully saturated rings. The standard InChI is InChI=1S/C32H32ClF6N5O3/c1-18-10-21(14-30(2,3)13-18)44-27-9-8-23(46-17-28(45)41-16-26-24(33)11-19(15-40-26)31(34,35)36)12-25(27)43-29(44)42-20-4-6-22(7-5-20)47-32(37,38)39/h4-9,11-12,15,18,21H,10,13-14,16-17H2,1-3H3,(H,41,45)(H,42,43)/t18-,21+/m0/s1. The lowest BCUT2D eigenvalue weighted by atomic mass is 9.70. The summed E-state index contributed by atoms with van der Waals surface area (Å²) < 4.78 is 88.3. The fourth-order valence-electron chi connectivity index (χ4n) is 6.12. The first-order chi connectivity index (χ1) is 22.0. The molecule has 252 valence electrons. The van der Waals surface area contributed by atoms with Crippen molar-refractivity contribution in [2.75, 3.05) is 11.9 Å². The van der Waals surface area contributed by atoms with E-state index in [9.17, 15) is 31.1 Å². The summed E-state index contributed by atoms with van der Waals surface area (Å²) in [5, 5.41) is 5.54. The molecule has 5 rings (SSSR count). The molecule has 47 heavy (non-hydrogen) atoms. The van der Waals surface area contributed by atoms with Gasteiger partial charge in [-0.15, -0.1) is 13.2 Å². The van der Waals surface area contributed by atoms with E-state index >= 15 is 0 Å². The number of pyridine rings is 1. The molecule has 1 aliphatic carbocycles. The highest BCUT2D eigenvalue weighted by Crippen LogP contribution is 2.46. The zero-order chi connectivity index (χ0) is 34.1. The molecule has 2 heterocycles. The SMILES string of the molecule is C[C@H]1C[C@@H](n2c(Nc3ccc(OC(F)(F)F)cc3)nc3cc(OCC(=O)NCc4ncc(C(F)(F)F)cc4Cl)ccc32)CC(C)(C)C1. The molecule has 2 aromatic heterocycles. The number of amides is 1. The van der Waals surface area contributed by atoms with E-state index in [4.69, 9.17) is 21.3 Å². The van der Waals surface area contributed by atoms with Gasteiger partial charge in [-0.05, 0) is 73.1 Å². The first kappa shape index (κ1) is 34.1. The van der Waals surface area contributed by atoms with Gasteiger partial charge in [-0.2, -0.15) is 13.2 Å². The van der Waals surface area contributed by atoms with Crippen LogP contribution in [0.1, 0.15) is 57.3 Å². The number of fused-ring (bicyclic) bond motifs is 1. The maximum Gasteiger partial charge on any atom is 0.573 e. The molecular weight excluding hydrogens is 652 g/mol. The smallest absolute Gasteiger partial charge is 0.484 e. The average Bonchev–Trinajstić information content (AvgIpc) is 3.31. The van der Waals surface area contributed by atoms with Gasteiger partial charge >= 0.3 is 12.5 Å². The zero-order valence-electron chi connectivity index (χ0n) is 25.6. The van der Waals surface area contributed by atoms with Gasteiger partial charge in [-0.1, -0.05) is 32.4 Å². The number of anilines is 2. The van der Waals surface area contributed by atoms with Gasteiger partial charge in [0.15, 0.2) is 6.61 Å². The van der Waals surface area contributed by atoms with Crippen molar-refractivity contribution in [1.82, 2.24) is 19.9 Å². The Labute approximate surface area is 271 Å². The van der Waals surface area contributed by atoms with Gasteiger partial charge < -0.3 is 24.7 Å². The number of aromatic nitrogens is 3. The van der Waals surface area contributed by atoms with Crippen molar-refractivity contribution in [3.05, 3.63) is 71.0 Å². The molecule has 2 N–H and O–H groups in total. The predicted octanol–water partition coefficient (Wildman–Crippen LogP) is 8.83. The molecule has 0 saturated heterocycles. The van der Waals surface area contributed by atoms with Gasteiger partial charge in [0.05, 0.1) is 33.9 Å². The Bertz CT molecular complexity index is 1740. The summed E-state index contributed by atoms with van der Waals surface area (Å²) in [5.74, 6) is 0.397. The molecule has 1 aliphatic rings. The van der Waals surface area contributed by atoms with Crippen LogP contribution in [0.2, 0.25) is 5.02 Å². The summed E-state index contributed by atoms with van der Waals surface area (Å²) in [4.78, 5) is 21.0. The third-order valence-corrected chi connectivity index (χ3v) is 8.13. The molecule has 1 saturated carbocycles. The van der Waals surface area contributed by atoms with Crippen LogP contribution in [0.25, 0.3) is 11.0 Å². The molecule has 2 atom stereocenters. The summed E-state index contributed by atoms with van der Waals surface area (Å²) in [6, 6.07) is 11.4. The number of rotatable bonds is 9. The second-order valence-electron chi connectivity index (χ2n) is 12.4. The number of hydrogen-bond donors (Lipinski definition) is 2. The lowest BCUT2D eigenvalue weighted by Gasteiger charge is -2.40. The average molecular weight is 684 g/mol. The lowest BCUT2D eigenvalue weighted by molar-refractivity contribution is -0.274. The lowest BCUT2D eigenvalue weighted by Crippen LogP contribution is -2.29. The normalized spacial score (nSPS) is 18.2. The first-order valence-electron chi connectivity index (χ1n) is 14.7. The van der Waals surface area contributed by atoms with Crippen LogP contribution in [0.5, 0.6) is 11.5 Å². The molecule has 15 heteroatoms. The van der Waals surface area contributed by atoms with Crippen molar-refractivity contribution in [3.8, 4) is 11.5 Å². The Morgan fingerprint density at radius 3 is 2.38 bits per heavy atom. The van der Waals surface area contributed by atoms with Gasteiger partial charge in [0.2, 0.25) is 5.95 Å². The number of hydrogen-bond acceptors (Lipinski definition) is 6. The highest BCUT2D eigenvalue weighted by Gasteiger charge is 2.35. The molecule has 0 spiro atoms. The Kier molecular flexibility index (Phi) is 9.54. The zero-order valence-corrected chi connectivity index (χ0v) is 26.4. The van der Waals surface area contributed by atoms with Crippen LogP contribution in [0.4, 0.5) is 38.0 Å². The largest absolute Gasteiger partial charge is 0.573 e. The Morgan fingerprint density at radius 1 is 1.04 bits per heavy atom. The molecule has 8 nitrogen and oxygen atoms in total. The number of benzene rings is 2. The molecule has 1 amide bonds. The molecule has 0 unspecified atom stereocenters. The molecular formula is C32H32ClF6N5O3. The number of carbonyl (C=O) groups excluding carboxylic acids is 1. The number of alkyl halides is 6. The van der Waals surface area contributed by atoms with Crippen molar-refractivity contribution in [3.63, 3.8) is 0 Å². The van der Waals surface area contributed by atoms with Gasteiger partial charge in [0.1, 0.15) is 11.5 Å². The van der Waals surface area contributed by atoms with E-state index in [2.05, 4.69) is 45.7 Å². The maximum absolute atomic E-state index is 12.9. The van der Waals surface area contributed by atoms with E-state index < -0.39 is 30.6 Å². The number of ether oxygens (including phenoxy) is 2. The van der Waals surface area contributed by atoms with Crippen LogP contribution in [0, 0.1) is 11.3 Å². The highest BCUT2D eigenvalue weighted by molar-refractivity contribution is 6.31. The minimum absolute atomic E-state index is 0.0720. The van der Waals surface area contributed by atoms with E-state index in [0.717, 1.165) is 30.8 Å². The van der Waals surface area contributed by atoms with Crippen molar-refractivity contribution in [1.29, 1.82) is 0 Å². The summed E-state index contributed by atoms with van der Waals surface area (Å²) >= 11 is 5.92. The van der Waals surface area contributed by atoms with Crippen LogP contribution in [-0.2, 0) is 17.5 Å². The van der Waals surface area contributed by atoms with Crippen LogP contribution >= 0.6 is 11.6 Å². The molecule has 0 bridgehead atoms. The van der Waals surface area contributed by atoms with Gasteiger partial charge in [-0.25, -0.2) is 4.98 Å². The Balaban J connectivity index is 1.32. The van der Waals surface area contributed by atoms with Crippen LogP contribution in [0.3, 0.4) is 0 Å². The molecule has 0 aliphatic heterocycles. The van der Waals surface area contributed by atoms with Gasteiger partial charge in [-0.3, -0.25) is 9.78 Å². The number of carbonyl (C=O) groups is 1. The van der Waals surface area contributed by atoms with E-state index in [1.165, 1.54) is 24.3 Å². The van der Waals surface area contributed by atoms with Crippen molar-refractivity contribution in [2.24, 2.45) is 11.3 Å². The third kappa shape index (κ3) is 8.79. The maximum atomic E-state index is 12.9. The molecule has 0 radical (unpaired) electrons. The quantitative estimate of drug-likeness (QED) is 0.171. The van der Waals surface area contributed by atoms with E-state index in [1.807, 2.05) is 6.07 Å². The number of nitrogens with one attached hydrogen (secondary N) is 2. The van der Waals surface area contributed by atoms with Crippen molar-refractivity contribution >= 4 is 40.2 Å². The van der Waals surface area contributed by atoms with E-state index in [0.29, 0.717) is 35.0 Å². The fraction of sp³-hybridized carbons (Fsp3) is 0.406. The van der Waals surface area contributed by atoms with Crippen LogP contribution in [0.15, 0.2) is 54.7 Å². The third-order valence-electron chi connectivity index (χ3n) is 7.80. The number of imidazole rings is 1. The van der Waals surface area contributed by atoms with Crippen molar-refractivity contribution < 1.29 is 40.6 Å². The van der Waals surface area contributed by atoms with Crippen LogP contribution in [-0.4, -0.2) is 33.4 Å². The monoisotopic (exact) mass is 683 g/mol. The Morgan fingerprint density at radius 2 is 1.74 bits per heavy atom. The molecule has 4 aromatic rings. The first-order valence-corrected chi connectivity index (χ1v) is 15.1. The predicted molar refractivity (Wildman–Crippen MR) is 164 cm³/mol. The summed E-state index contributed by atoms with van der Waals surface area (Å²) in [6.45, 7) is 6.06. The topological polar surface area (TPSA) is 90.3 Å². The van der Waals surface area contributed by atoms with E-state index in [-0.39, 0.29) is 34.5 Å². The summed E-state index contributed by atoms with van der Waals surface area (Å²) in [5.41, 5.74) is 1.03. The second kappa shape index (κ2) is 13.1. The summed E-state index contributed by atoms with van der Waals surface area (Å²) in [7, 11) is 0. The van der Waals surface area contributed by atoms with E-state index in [1.54, 1.807) is 12.1 Å². The number of nitrogens with zero attached hydrogens (tertiary/aromatic N) is 3. The minimum atomic E-state index is -4.80. The minimum Gasteiger partial charge on any atom is -0.484 e. The number of halogens is 7. The summed E-state index contributed by atoms with van der Waals surface area (Å²) in [6.07, 6.45) is -5.89.